The highest BCUT2D eigenvalue weighted by atomic mass is 16.5. The third-order valence-corrected chi connectivity index (χ3v) is 6.66. The molecule has 1 amide bonds. The van der Waals surface area contributed by atoms with E-state index in [1.165, 1.54) is 0 Å². The molecule has 2 heterocycles. The summed E-state index contributed by atoms with van der Waals surface area (Å²) in [5.74, 6) is 1.26. The van der Waals surface area contributed by atoms with Crippen LogP contribution in [0.1, 0.15) is 44.7 Å². The molecule has 3 atom stereocenters. The van der Waals surface area contributed by atoms with Gasteiger partial charge in [-0.2, -0.15) is 0 Å². The van der Waals surface area contributed by atoms with Crippen molar-refractivity contribution in [3.8, 4) is 5.88 Å². The maximum atomic E-state index is 12.9. The summed E-state index contributed by atoms with van der Waals surface area (Å²) < 4.78 is 5.40. The Hall–Kier alpha value is -2.21. The van der Waals surface area contributed by atoms with E-state index in [9.17, 15) is 9.90 Å². The maximum Gasteiger partial charge on any atom is 0.235 e. The molecule has 150 valence electrons. The number of hydrogen-bond acceptors (Lipinski definition) is 5. The lowest BCUT2D eigenvalue weighted by atomic mass is 9.69. The van der Waals surface area contributed by atoms with E-state index >= 15 is 0 Å². The SMILES string of the molecule is CC[C@@]1(O)CCC[C@@H]2CN(C(=O)CCc3nc4ccccc4nc3OC)C[C@@H]21. The summed E-state index contributed by atoms with van der Waals surface area (Å²) in [4.78, 5) is 24.0. The maximum absolute atomic E-state index is 12.9. The van der Waals surface area contributed by atoms with Crippen LogP contribution in [0.4, 0.5) is 0 Å². The second-order valence-corrected chi connectivity index (χ2v) is 8.18. The number of likely N-dealkylation sites (tertiary alicyclic amines) is 1. The fraction of sp³-hybridized carbons (Fsp3) is 0.591. The van der Waals surface area contributed by atoms with E-state index < -0.39 is 5.60 Å². The molecule has 28 heavy (non-hydrogen) atoms. The van der Waals surface area contributed by atoms with E-state index in [0.29, 0.717) is 31.2 Å². The predicted molar refractivity (Wildman–Crippen MR) is 107 cm³/mol. The van der Waals surface area contributed by atoms with Crippen LogP contribution in [0.5, 0.6) is 5.88 Å². The molecule has 2 aliphatic rings. The van der Waals surface area contributed by atoms with Gasteiger partial charge < -0.3 is 14.7 Å². The minimum absolute atomic E-state index is 0.130. The molecule has 0 bridgehead atoms. The van der Waals surface area contributed by atoms with Crippen molar-refractivity contribution < 1.29 is 14.6 Å². The van der Waals surface area contributed by atoms with Gasteiger partial charge in [-0.3, -0.25) is 4.79 Å². The van der Waals surface area contributed by atoms with Gasteiger partial charge in [0, 0.05) is 31.8 Å². The molecular weight excluding hydrogens is 354 g/mol. The number of carbonyl (C=O) groups excluding carboxylic acids is 1. The minimum atomic E-state index is -0.606. The highest BCUT2D eigenvalue weighted by Crippen LogP contribution is 2.44. The molecule has 4 rings (SSSR count). The van der Waals surface area contributed by atoms with E-state index in [0.717, 1.165) is 49.0 Å². The summed E-state index contributed by atoms with van der Waals surface area (Å²) in [5, 5.41) is 11.0. The lowest BCUT2D eigenvalue weighted by Gasteiger charge is -2.40. The number of amides is 1. The summed E-state index contributed by atoms with van der Waals surface area (Å²) >= 11 is 0. The molecule has 1 aromatic carbocycles. The van der Waals surface area contributed by atoms with Crippen LogP contribution < -0.4 is 4.74 Å². The van der Waals surface area contributed by atoms with Crippen LogP contribution in [0.25, 0.3) is 11.0 Å². The number of para-hydroxylation sites is 2. The third kappa shape index (κ3) is 3.46. The first-order valence-electron chi connectivity index (χ1n) is 10.3. The van der Waals surface area contributed by atoms with E-state index in [4.69, 9.17) is 4.74 Å². The second kappa shape index (κ2) is 7.66. The van der Waals surface area contributed by atoms with Crippen LogP contribution in [0, 0.1) is 11.8 Å². The molecule has 2 fully saturated rings. The topological polar surface area (TPSA) is 75.5 Å². The number of methoxy groups -OCH3 is 1. The van der Waals surface area contributed by atoms with Crippen LogP contribution >= 0.6 is 0 Å². The number of aryl methyl sites for hydroxylation is 1. The minimum Gasteiger partial charge on any atom is -0.480 e. The largest absolute Gasteiger partial charge is 0.480 e. The van der Waals surface area contributed by atoms with Crippen molar-refractivity contribution in [1.82, 2.24) is 14.9 Å². The molecule has 6 heteroatoms. The molecular formula is C22H29N3O3. The number of carbonyl (C=O) groups is 1. The Bertz CT molecular complexity index is 871. The highest BCUT2D eigenvalue weighted by Gasteiger charge is 2.48. The quantitative estimate of drug-likeness (QED) is 0.859. The predicted octanol–water partition coefficient (Wildman–Crippen LogP) is 2.97. The Morgan fingerprint density at radius 3 is 2.75 bits per heavy atom. The molecule has 6 nitrogen and oxygen atoms in total. The van der Waals surface area contributed by atoms with Gasteiger partial charge in [0.15, 0.2) is 0 Å². The van der Waals surface area contributed by atoms with Crippen LogP contribution in [0.15, 0.2) is 24.3 Å². The van der Waals surface area contributed by atoms with Gasteiger partial charge in [-0.25, -0.2) is 9.97 Å². The van der Waals surface area contributed by atoms with Crippen LogP contribution in [0.3, 0.4) is 0 Å². The van der Waals surface area contributed by atoms with Gasteiger partial charge in [-0.05, 0) is 37.3 Å². The number of nitrogens with zero attached hydrogens (tertiary/aromatic N) is 3. The van der Waals surface area contributed by atoms with Gasteiger partial charge >= 0.3 is 0 Å². The number of rotatable bonds is 5. The average Bonchev–Trinajstić information content (AvgIpc) is 3.17. The smallest absolute Gasteiger partial charge is 0.235 e. The van der Waals surface area contributed by atoms with E-state index in [2.05, 4.69) is 16.9 Å². The zero-order chi connectivity index (χ0) is 19.7. The molecule has 1 aromatic heterocycles. The number of aromatic nitrogens is 2. The van der Waals surface area contributed by atoms with E-state index in [-0.39, 0.29) is 11.8 Å². The normalized spacial score (nSPS) is 27.0. The van der Waals surface area contributed by atoms with Gasteiger partial charge in [0.2, 0.25) is 11.8 Å². The van der Waals surface area contributed by atoms with Crippen molar-refractivity contribution in [3.05, 3.63) is 30.0 Å². The van der Waals surface area contributed by atoms with Crippen molar-refractivity contribution in [2.24, 2.45) is 11.8 Å². The molecule has 0 radical (unpaired) electrons. The number of aliphatic hydroxyl groups is 1. The molecule has 1 saturated carbocycles. The summed E-state index contributed by atoms with van der Waals surface area (Å²) in [5.41, 5.74) is 1.71. The van der Waals surface area contributed by atoms with Crippen molar-refractivity contribution in [2.75, 3.05) is 20.2 Å². The Morgan fingerprint density at radius 1 is 1.29 bits per heavy atom. The number of hydrogen-bond donors (Lipinski definition) is 1. The number of fused-ring (bicyclic) bond motifs is 2. The highest BCUT2D eigenvalue weighted by molar-refractivity contribution is 5.77. The monoisotopic (exact) mass is 383 g/mol. The van der Waals surface area contributed by atoms with Gasteiger partial charge in [-0.15, -0.1) is 0 Å². The molecule has 1 aliphatic heterocycles. The standard InChI is InChI=1S/C22H29N3O3/c1-3-22(27)12-6-7-15-13-25(14-16(15)22)20(26)11-10-19-21(28-2)24-18-9-5-4-8-17(18)23-19/h4-5,8-9,15-16,27H,3,6-7,10-14H2,1-2H3/t15-,16+,22-/m1/s1. The van der Waals surface area contributed by atoms with Crippen LogP contribution in [-0.2, 0) is 11.2 Å². The molecule has 2 aromatic rings. The van der Waals surface area contributed by atoms with Crippen molar-refractivity contribution in [3.63, 3.8) is 0 Å². The fourth-order valence-electron chi connectivity index (χ4n) is 5.00. The Labute approximate surface area is 165 Å². The zero-order valence-corrected chi connectivity index (χ0v) is 16.7. The third-order valence-electron chi connectivity index (χ3n) is 6.66. The Kier molecular flexibility index (Phi) is 5.23. The first-order valence-corrected chi connectivity index (χ1v) is 10.3. The van der Waals surface area contributed by atoms with Gasteiger partial charge in [-0.1, -0.05) is 25.5 Å². The number of benzene rings is 1. The summed E-state index contributed by atoms with van der Waals surface area (Å²) in [6.45, 7) is 3.50. The number of ether oxygens (including phenoxy) is 1. The fourth-order valence-corrected chi connectivity index (χ4v) is 5.00. The summed E-state index contributed by atoms with van der Waals surface area (Å²) in [6.07, 6.45) is 4.67. The van der Waals surface area contributed by atoms with E-state index in [1.807, 2.05) is 29.2 Å². The van der Waals surface area contributed by atoms with Crippen molar-refractivity contribution in [1.29, 1.82) is 0 Å². The van der Waals surface area contributed by atoms with Crippen LogP contribution in [0.2, 0.25) is 0 Å². The lowest BCUT2D eigenvalue weighted by molar-refractivity contribution is -0.130. The van der Waals surface area contributed by atoms with Gasteiger partial charge in [0.1, 0.15) is 5.69 Å². The van der Waals surface area contributed by atoms with Crippen molar-refractivity contribution in [2.45, 2.75) is 51.0 Å². The molecule has 0 unspecified atom stereocenters. The summed E-state index contributed by atoms with van der Waals surface area (Å²) in [6, 6.07) is 7.67. The lowest BCUT2D eigenvalue weighted by Crippen LogP contribution is -2.44. The molecule has 0 spiro atoms. The molecule has 1 saturated heterocycles. The van der Waals surface area contributed by atoms with Crippen molar-refractivity contribution >= 4 is 16.9 Å². The zero-order valence-electron chi connectivity index (χ0n) is 16.7. The Morgan fingerprint density at radius 2 is 2.04 bits per heavy atom. The second-order valence-electron chi connectivity index (χ2n) is 8.18. The van der Waals surface area contributed by atoms with Crippen LogP contribution in [-0.4, -0.2) is 51.7 Å². The first-order chi connectivity index (χ1) is 13.5. The molecule has 1 N–H and O–H groups in total. The first kappa shape index (κ1) is 19.1. The average molecular weight is 383 g/mol. The van der Waals surface area contributed by atoms with Gasteiger partial charge in [0.05, 0.1) is 23.7 Å². The van der Waals surface area contributed by atoms with Gasteiger partial charge in [0.25, 0.3) is 0 Å². The summed E-state index contributed by atoms with van der Waals surface area (Å²) in [7, 11) is 1.58. The van der Waals surface area contributed by atoms with E-state index in [1.54, 1.807) is 7.11 Å². The molecule has 1 aliphatic carbocycles. The Balaban J connectivity index is 1.44.